The second-order valence-corrected chi connectivity index (χ2v) is 5.56. The molecule has 2 amide bonds. The van der Waals surface area contributed by atoms with E-state index in [0.717, 1.165) is 11.3 Å². The van der Waals surface area contributed by atoms with E-state index in [2.05, 4.69) is 10.4 Å². The Morgan fingerprint density at radius 1 is 1.26 bits per heavy atom. The Morgan fingerprint density at radius 3 is 2.74 bits per heavy atom. The number of nitrogens with one attached hydrogen (secondary N) is 1. The van der Waals surface area contributed by atoms with E-state index in [0.29, 0.717) is 37.5 Å². The summed E-state index contributed by atoms with van der Waals surface area (Å²) in [7, 11) is 1.55. The number of rotatable bonds is 3. The Kier molecular flexibility index (Phi) is 4.18. The molecule has 122 valence electrons. The number of amides is 2. The number of hydrogen-bond acceptors (Lipinski definition) is 5. The summed E-state index contributed by atoms with van der Waals surface area (Å²) in [6.07, 6.45) is 0.671. The number of carbonyl (C=O) groups is 2. The lowest BCUT2D eigenvalue weighted by molar-refractivity contribution is -0.130. The first-order valence-electron chi connectivity index (χ1n) is 7.59. The summed E-state index contributed by atoms with van der Waals surface area (Å²) in [5, 5.41) is 8.14. The maximum atomic E-state index is 12.3. The van der Waals surface area contributed by atoms with Crippen LogP contribution in [0, 0.1) is 0 Å². The van der Waals surface area contributed by atoms with Crippen LogP contribution in [0.2, 0.25) is 0 Å². The number of fused-ring (bicyclic) bond motifs is 1. The van der Waals surface area contributed by atoms with Gasteiger partial charge in [-0.1, -0.05) is 6.07 Å². The van der Waals surface area contributed by atoms with E-state index < -0.39 is 0 Å². The summed E-state index contributed by atoms with van der Waals surface area (Å²) in [5.74, 6) is 1.07. The summed E-state index contributed by atoms with van der Waals surface area (Å²) in [4.78, 5) is 23.7. The van der Waals surface area contributed by atoms with Crippen LogP contribution in [0.25, 0.3) is 0 Å². The molecule has 2 aliphatic rings. The van der Waals surface area contributed by atoms with Crippen LogP contribution < -0.4 is 14.8 Å². The quantitative estimate of drug-likeness (QED) is 0.909. The van der Waals surface area contributed by atoms with Gasteiger partial charge in [0.2, 0.25) is 5.91 Å². The van der Waals surface area contributed by atoms with E-state index in [1.54, 1.807) is 7.05 Å². The van der Waals surface area contributed by atoms with E-state index in [9.17, 15) is 9.59 Å². The number of carbonyl (C=O) groups excluding carboxylic acids is 2. The summed E-state index contributed by atoms with van der Waals surface area (Å²) in [6, 6.07) is 5.41. The van der Waals surface area contributed by atoms with Crippen LogP contribution in [0.4, 0.5) is 0 Å². The van der Waals surface area contributed by atoms with Crippen molar-refractivity contribution >= 4 is 17.5 Å². The van der Waals surface area contributed by atoms with Crippen molar-refractivity contribution in [2.75, 3.05) is 20.3 Å². The van der Waals surface area contributed by atoms with Crippen LogP contribution in [-0.2, 0) is 9.59 Å². The third kappa shape index (κ3) is 3.28. The number of benzene rings is 1. The van der Waals surface area contributed by atoms with Gasteiger partial charge in [-0.15, -0.1) is 0 Å². The molecular weight excluding hydrogens is 298 g/mol. The fourth-order valence-electron chi connectivity index (χ4n) is 2.53. The van der Waals surface area contributed by atoms with Gasteiger partial charge in [-0.25, -0.2) is 5.01 Å². The predicted octanol–water partition coefficient (Wildman–Crippen LogP) is 1.24. The highest BCUT2D eigenvalue weighted by molar-refractivity contribution is 6.39. The molecule has 1 aromatic carbocycles. The fraction of sp³-hybridized carbons (Fsp3) is 0.438. The lowest BCUT2D eigenvalue weighted by Crippen LogP contribution is -2.38. The van der Waals surface area contributed by atoms with Crippen molar-refractivity contribution in [3.8, 4) is 11.5 Å². The van der Waals surface area contributed by atoms with Crippen molar-refractivity contribution in [3.05, 3.63) is 23.8 Å². The number of hydrazone groups is 1. The lowest BCUT2D eigenvalue weighted by Gasteiger charge is -2.22. The van der Waals surface area contributed by atoms with Crippen LogP contribution in [0.1, 0.15) is 31.4 Å². The topological polar surface area (TPSA) is 80.2 Å². The van der Waals surface area contributed by atoms with E-state index >= 15 is 0 Å². The zero-order valence-corrected chi connectivity index (χ0v) is 13.2. The number of ether oxygens (including phenoxy) is 2. The zero-order valence-electron chi connectivity index (χ0n) is 13.2. The van der Waals surface area contributed by atoms with Crippen LogP contribution in [0.3, 0.4) is 0 Å². The molecule has 0 fully saturated rings. The molecule has 1 N–H and O–H groups in total. The third-order valence-electron chi connectivity index (χ3n) is 3.88. The SMILES string of the molecule is C[C@@H](NC(=O)C1=NN(C)C(=O)CC1)c1ccc2c(c1)OCCO2. The van der Waals surface area contributed by atoms with E-state index in [4.69, 9.17) is 9.47 Å². The Labute approximate surface area is 134 Å². The highest BCUT2D eigenvalue weighted by atomic mass is 16.6. The summed E-state index contributed by atoms with van der Waals surface area (Å²) >= 11 is 0. The van der Waals surface area contributed by atoms with E-state index in [1.165, 1.54) is 5.01 Å². The molecule has 2 aliphatic heterocycles. The predicted molar refractivity (Wildman–Crippen MR) is 83.4 cm³/mol. The van der Waals surface area contributed by atoms with Crippen molar-refractivity contribution in [1.29, 1.82) is 0 Å². The highest BCUT2D eigenvalue weighted by Crippen LogP contribution is 2.32. The van der Waals surface area contributed by atoms with Gasteiger partial charge < -0.3 is 14.8 Å². The first-order chi connectivity index (χ1) is 11.0. The molecule has 0 aliphatic carbocycles. The first-order valence-corrected chi connectivity index (χ1v) is 7.59. The van der Waals surface area contributed by atoms with Gasteiger partial charge in [0.05, 0.1) is 6.04 Å². The summed E-state index contributed by atoms with van der Waals surface area (Å²) in [5.41, 5.74) is 1.29. The van der Waals surface area contributed by atoms with Crippen molar-refractivity contribution in [1.82, 2.24) is 10.3 Å². The van der Waals surface area contributed by atoms with E-state index in [-0.39, 0.29) is 17.9 Å². The first kappa shape index (κ1) is 15.3. The van der Waals surface area contributed by atoms with Gasteiger partial charge >= 0.3 is 0 Å². The van der Waals surface area contributed by atoms with Crippen molar-refractivity contribution in [3.63, 3.8) is 0 Å². The highest BCUT2D eigenvalue weighted by Gasteiger charge is 2.23. The molecule has 2 heterocycles. The van der Waals surface area contributed by atoms with Gasteiger partial charge in [0.1, 0.15) is 18.9 Å². The molecule has 1 atom stereocenters. The van der Waals surface area contributed by atoms with Gasteiger partial charge in [-0.3, -0.25) is 9.59 Å². The van der Waals surface area contributed by atoms with E-state index in [1.807, 2.05) is 25.1 Å². The summed E-state index contributed by atoms with van der Waals surface area (Å²) < 4.78 is 11.0. The monoisotopic (exact) mass is 317 g/mol. The maximum absolute atomic E-state index is 12.3. The fourth-order valence-corrected chi connectivity index (χ4v) is 2.53. The van der Waals surface area contributed by atoms with Crippen LogP contribution in [0.5, 0.6) is 11.5 Å². The maximum Gasteiger partial charge on any atom is 0.267 e. The molecule has 7 nitrogen and oxygen atoms in total. The van der Waals surface area contributed by atoms with Gasteiger partial charge in [-0.05, 0) is 24.6 Å². The average molecular weight is 317 g/mol. The minimum atomic E-state index is -0.258. The van der Waals surface area contributed by atoms with Gasteiger partial charge in [-0.2, -0.15) is 5.10 Å². The Morgan fingerprint density at radius 2 is 2.00 bits per heavy atom. The van der Waals surface area contributed by atoms with Crippen molar-refractivity contribution < 1.29 is 19.1 Å². The van der Waals surface area contributed by atoms with Gasteiger partial charge in [0.15, 0.2) is 11.5 Å². The molecule has 23 heavy (non-hydrogen) atoms. The van der Waals surface area contributed by atoms with Gasteiger partial charge in [0, 0.05) is 19.9 Å². The second kappa shape index (κ2) is 6.28. The largest absolute Gasteiger partial charge is 0.486 e. The molecule has 0 bridgehead atoms. The number of hydrogen-bond donors (Lipinski definition) is 1. The molecule has 7 heteroatoms. The van der Waals surface area contributed by atoms with Crippen LogP contribution in [0.15, 0.2) is 23.3 Å². The summed E-state index contributed by atoms with van der Waals surface area (Å²) in [6.45, 7) is 2.96. The molecule has 0 spiro atoms. The minimum absolute atomic E-state index is 0.0820. The van der Waals surface area contributed by atoms with Crippen molar-refractivity contribution in [2.24, 2.45) is 5.10 Å². The Bertz CT molecular complexity index is 671. The van der Waals surface area contributed by atoms with Gasteiger partial charge in [0.25, 0.3) is 5.91 Å². The molecular formula is C16H19N3O4. The smallest absolute Gasteiger partial charge is 0.267 e. The molecule has 3 rings (SSSR count). The zero-order chi connectivity index (χ0) is 16.4. The van der Waals surface area contributed by atoms with Crippen LogP contribution in [-0.4, -0.2) is 42.8 Å². The molecule has 0 saturated heterocycles. The minimum Gasteiger partial charge on any atom is -0.486 e. The molecule has 0 radical (unpaired) electrons. The molecule has 0 saturated carbocycles. The Balaban J connectivity index is 1.69. The average Bonchev–Trinajstić information content (AvgIpc) is 2.56. The lowest BCUT2D eigenvalue weighted by atomic mass is 10.1. The number of nitrogens with zero attached hydrogens (tertiary/aromatic N) is 2. The molecule has 1 aromatic rings. The molecule has 0 aromatic heterocycles. The second-order valence-electron chi connectivity index (χ2n) is 5.56. The normalized spacial score (nSPS) is 18.3. The standard InChI is InChI=1S/C16H19N3O4/c1-10(11-3-5-13-14(9-11)23-8-7-22-13)17-16(21)12-4-6-15(20)19(2)18-12/h3,5,9-10H,4,6-8H2,1-2H3,(H,17,21)/t10-/m1/s1. The Hall–Kier alpha value is -2.57. The van der Waals surface area contributed by atoms with Crippen molar-refractivity contribution in [2.45, 2.75) is 25.8 Å². The van der Waals surface area contributed by atoms with Crippen LogP contribution >= 0.6 is 0 Å². The third-order valence-corrected chi connectivity index (χ3v) is 3.88. The molecule has 0 unspecified atom stereocenters.